The highest BCUT2D eigenvalue weighted by atomic mass is 19.1. The summed E-state index contributed by atoms with van der Waals surface area (Å²) in [6.45, 7) is 4.84. The molecule has 1 atom stereocenters. The van der Waals surface area contributed by atoms with Gasteiger partial charge in [0.15, 0.2) is 0 Å². The van der Waals surface area contributed by atoms with Crippen LogP contribution in [0.3, 0.4) is 0 Å². The minimum atomic E-state index is -0.126. The molecule has 31 heavy (non-hydrogen) atoms. The van der Waals surface area contributed by atoms with Crippen molar-refractivity contribution in [1.29, 1.82) is 0 Å². The zero-order valence-corrected chi connectivity index (χ0v) is 18.5. The van der Waals surface area contributed by atoms with Crippen molar-refractivity contribution in [2.75, 3.05) is 32.8 Å². The number of hydrogen-bond donors (Lipinski definition) is 0. The fourth-order valence-electron chi connectivity index (χ4n) is 4.77. The summed E-state index contributed by atoms with van der Waals surface area (Å²) in [6.07, 6.45) is 8.81. The van der Waals surface area contributed by atoms with Gasteiger partial charge in [-0.25, -0.2) is 4.39 Å². The van der Waals surface area contributed by atoms with Gasteiger partial charge in [-0.05, 0) is 62.4 Å². The van der Waals surface area contributed by atoms with Crippen LogP contribution in [0.4, 0.5) is 4.39 Å². The zero-order valence-electron chi connectivity index (χ0n) is 18.5. The second-order valence-electron chi connectivity index (χ2n) is 9.11. The van der Waals surface area contributed by atoms with Crippen LogP contribution >= 0.6 is 0 Å². The molecule has 0 spiro atoms. The van der Waals surface area contributed by atoms with Gasteiger partial charge >= 0.3 is 0 Å². The van der Waals surface area contributed by atoms with E-state index in [-0.39, 0.29) is 17.8 Å². The van der Waals surface area contributed by atoms with Crippen molar-refractivity contribution in [2.24, 2.45) is 13.0 Å². The van der Waals surface area contributed by atoms with E-state index >= 15 is 0 Å². The first-order valence-corrected chi connectivity index (χ1v) is 11.5. The Balaban J connectivity index is 1.32. The Hall–Kier alpha value is -2.18. The molecular formula is C25H34FN3O2. The van der Waals surface area contributed by atoms with Crippen molar-refractivity contribution >= 4 is 5.91 Å². The van der Waals surface area contributed by atoms with E-state index in [1.807, 2.05) is 47.1 Å². The van der Waals surface area contributed by atoms with Gasteiger partial charge in [0.25, 0.3) is 0 Å². The lowest BCUT2D eigenvalue weighted by molar-refractivity contribution is -0.133. The van der Waals surface area contributed by atoms with Crippen LogP contribution in [0.1, 0.15) is 36.8 Å². The number of carbonyl (C=O) groups is 1. The van der Waals surface area contributed by atoms with Crippen LogP contribution in [0.15, 0.2) is 42.7 Å². The topological polar surface area (TPSA) is 37.7 Å². The third-order valence-electron chi connectivity index (χ3n) is 6.59. The van der Waals surface area contributed by atoms with E-state index < -0.39 is 0 Å². The number of nitrogens with zero attached hydrogens (tertiary/aromatic N) is 3. The Morgan fingerprint density at radius 2 is 1.97 bits per heavy atom. The van der Waals surface area contributed by atoms with E-state index in [2.05, 4.69) is 4.90 Å². The minimum absolute atomic E-state index is 0.126. The molecule has 6 heteroatoms. The first kappa shape index (κ1) is 22.0. The van der Waals surface area contributed by atoms with Crippen molar-refractivity contribution in [2.45, 2.75) is 44.8 Å². The number of rotatable bonds is 8. The van der Waals surface area contributed by atoms with E-state index in [4.69, 9.17) is 4.74 Å². The molecule has 0 N–H and O–H groups in total. The van der Waals surface area contributed by atoms with Gasteiger partial charge in [-0.2, -0.15) is 0 Å². The Labute approximate surface area is 184 Å². The zero-order chi connectivity index (χ0) is 21.6. The van der Waals surface area contributed by atoms with Gasteiger partial charge in [-0.15, -0.1) is 0 Å². The van der Waals surface area contributed by atoms with Gasteiger partial charge in [-0.3, -0.25) is 9.69 Å². The average molecular weight is 428 g/mol. The van der Waals surface area contributed by atoms with Crippen molar-refractivity contribution in [3.63, 3.8) is 0 Å². The summed E-state index contributed by atoms with van der Waals surface area (Å²) in [7, 11) is 1.98. The maximum Gasteiger partial charge on any atom is 0.227 e. The molecule has 5 nitrogen and oxygen atoms in total. The lowest BCUT2D eigenvalue weighted by atomic mass is 9.95. The monoisotopic (exact) mass is 427 g/mol. The Bertz CT molecular complexity index is 854. The first-order valence-electron chi connectivity index (χ1n) is 11.5. The van der Waals surface area contributed by atoms with Crippen LogP contribution in [-0.4, -0.2) is 59.2 Å². The summed E-state index contributed by atoms with van der Waals surface area (Å²) in [5.74, 6) is 0.548. The smallest absolute Gasteiger partial charge is 0.227 e. The minimum Gasteiger partial charge on any atom is -0.376 e. The number of hydrogen-bond acceptors (Lipinski definition) is 3. The standard InChI is InChI=1S/C25H34FN3O2/c1-27-11-8-21(16-27)15-25(30)29(19-23-6-4-14-31-23)17-20-9-12-28(13-10-20)18-22-5-2-3-7-24(22)26/h2-3,5,7-8,11,16,20,23H,4,6,9-10,12-15,17-19H2,1H3. The Morgan fingerprint density at radius 3 is 2.65 bits per heavy atom. The molecule has 1 aromatic heterocycles. The number of piperidine rings is 1. The lowest BCUT2D eigenvalue weighted by Gasteiger charge is -2.35. The van der Waals surface area contributed by atoms with Gasteiger partial charge < -0.3 is 14.2 Å². The normalized spacial score (nSPS) is 20.3. The number of likely N-dealkylation sites (tertiary alicyclic amines) is 1. The average Bonchev–Trinajstić information content (AvgIpc) is 3.42. The number of ether oxygens (including phenoxy) is 1. The Morgan fingerprint density at radius 1 is 1.16 bits per heavy atom. The van der Waals surface area contributed by atoms with Gasteiger partial charge in [0.05, 0.1) is 12.5 Å². The molecule has 0 saturated carbocycles. The van der Waals surface area contributed by atoms with Crippen molar-refractivity contribution in [3.05, 3.63) is 59.7 Å². The SMILES string of the molecule is Cn1ccc(CC(=O)N(CC2CCN(Cc3ccccc3F)CC2)CC2CCCO2)c1. The molecule has 1 unspecified atom stereocenters. The van der Waals surface area contributed by atoms with E-state index in [1.165, 1.54) is 6.07 Å². The molecule has 0 bridgehead atoms. The van der Waals surface area contributed by atoms with Gasteiger partial charge in [0.2, 0.25) is 5.91 Å². The molecular weight excluding hydrogens is 393 g/mol. The number of halogens is 1. The summed E-state index contributed by atoms with van der Waals surface area (Å²) in [6, 6.07) is 9.05. The predicted octanol–water partition coefficient (Wildman–Crippen LogP) is 3.63. The summed E-state index contributed by atoms with van der Waals surface area (Å²) >= 11 is 0. The molecule has 2 aliphatic heterocycles. The fraction of sp³-hybridized carbons (Fsp3) is 0.560. The van der Waals surface area contributed by atoms with E-state index in [9.17, 15) is 9.18 Å². The molecule has 0 aliphatic carbocycles. The highest BCUT2D eigenvalue weighted by molar-refractivity contribution is 5.78. The molecule has 2 aromatic rings. The van der Waals surface area contributed by atoms with Gasteiger partial charge in [0, 0.05) is 51.2 Å². The molecule has 1 aromatic carbocycles. The summed E-state index contributed by atoms with van der Waals surface area (Å²) in [5.41, 5.74) is 1.82. The van der Waals surface area contributed by atoms with Crippen LogP contribution in [-0.2, 0) is 29.5 Å². The lowest BCUT2D eigenvalue weighted by Crippen LogP contribution is -2.44. The molecule has 3 heterocycles. The molecule has 4 rings (SSSR count). The first-order chi connectivity index (χ1) is 15.1. The number of aryl methyl sites for hydroxylation is 1. The van der Waals surface area contributed by atoms with Crippen LogP contribution < -0.4 is 0 Å². The van der Waals surface area contributed by atoms with Crippen molar-refractivity contribution in [3.8, 4) is 0 Å². The molecule has 0 radical (unpaired) electrons. The molecule has 1 amide bonds. The second kappa shape index (κ2) is 10.4. The highest BCUT2D eigenvalue weighted by Crippen LogP contribution is 2.23. The maximum absolute atomic E-state index is 14.0. The maximum atomic E-state index is 14.0. The predicted molar refractivity (Wildman–Crippen MR) is 119 cm³/mol. The second-order valence-corrected chi connectivity index (χ2v) is 9.11. The number of carbonyl (C=O) groups excluding carboxylic acids is 1. The summed E-state index contributed by atoms with van der Waals surface area (Å²) in [5, 5.41) is 0. The third-order valence-corrected chi connectivity index (χ3v) is 6.59. The molecule has 2 fully saturated rings. The van der Waals surface area contributed by atoms with Crippen molar-refractivity contribution in [1.82, 2.24) is 14.4 Å². The van der Waals surface area contributed by atoms with E-state index in [0.29, 0.717) is 25.4 Å². The van der Waals surface area contributed by atoms with Gasteiger partial charge in [-0.1, -0.05) is 18.2 Å². The third kappa shape index (κ3) is 6.17. The fourth-order valence-corrected chi connectivity index (χ4v) is 4.77. The Kier molecular flexibility index (Phi) is 7.41. The highest BCUT2D eigenvalue weighted by Gasteiger charge is 2.27. The van der Waals surface area contributed by atoms with E-state index in [0.717, 1.165) is 63.1 Å². The van der Waals surface area contributed by atoms with Gasteiger partial charge in [0.1, 0.15) is 5.82 Å². The molecule has 168 valence electrons. The van der Waals surface area contributed by atoms with Crippen LogP contribution in [0, 0.1) is 11.7 Å². The number of benzene rings is 1. The summed E-state index contributed by atoms with van der Waals surface area (Å²) in [4.78, 5) is 17.5. The van der Waals surface area contributed by atoms with Crippen LogP contribution in [0.5, 0.6) is 0 Å². The number of amides is 1. The quantitative estimate of drug-likeness (QED) is 0.646. The van der Waals surface area contributed by atoms with Crippen molar-refractivity contribution < 1.29 is 13.9 Å². The largest absolute Gasteiger partial charge is 0.376 e. The van der Waals surface area contributed by atoms with E-state index in [1.54, 1.807) is 6.07 Å². The van der Waals surface area contributed by atoms with Crippen LogP contribution in [0.2, 0.25) is 0 Å². The molecule has 2 saturated heterocycles. The van der Waals surface area contributed by atoms with Crippen LogP contribution in [0.25, 0.3) is 0 Å². The number of aromatic nitrogens is 1. The molecule has 2 aliphatic rings. The summed E-state index contributed by atoms with van der Waals surface area (Å²) < 4.78 is 21.8.